The Hall–Kier alpha value is -2.89. The summed E-state index contributed by atoms with van der Waals surface area (Å²) in [5, 5.41) is 25.2. The minimum Gasteiger partial charge on any atom is -0.391 e. The fourth-order valence-electron chi connectivity index (χ4n) is 4.42. The molecule has 34 heavy (non-hydrogen) atoms. The molecule has 0 radical (unpaired) electrons. The standard InChI is InChI=1S/C22H31F2N7O3/c1-22(2,3)18(31-11-16(26-28-31)12-5-6-12)21(34)30-10-14(32)8-17(30)20(33)25-9-13-7-15(19(23)24)27-29(13)4/h7,11-12,14,17-19,32H,5-6,8-10H2,1-4H3,(H,25,33)/t14-,17+,18-/m1/s1. The van der Waals surface area contributed by atoms with Gasteiger partial charge < -0.3 is 15.3 Å². The topological polar surface area (TPSA) is 118 Å². The highest BCUT2D eigenvalue weighted by Crippen LogP contribution is 2.40. The molecule has 1 saturated carbocycles. The number of likely N-dealkylation sites (tertiary alicyclic amines) is 1. The van der Waals surface area contributed by atoms with Gasteiger partial charge in [0.05, 0.1) is 24.0 Å². The molecule has 2 amide bonds. The molecule has 4 rings (SSSR count). The number of carbonyl (C=O) groups is 2. The third-order valence-electron chi connectivity index (χ3n) is 6.37. The molecule has 3 atom stereocenters. The van der Waals surface area contributed by atoms with Gasteiger partial charge in [0.15, 0.2) is 0 Å². The molecule has 10 nitrogen and oxygen atoms in total. The van der Waals surface area contributed by atoms with Gasteiger partial charge in [-0.3, -0.25) is 14.3 Å². The number of aryl methyl sites for hydroxylation is 1. The molecule has 186 valence electrons. The summed E-state index contributed by atoms with van der Waals surface area (Å²) < 4.78 is 28.7. The van der Waals surface area contributed by atoms with Crippen molar-refractivity contribution in [1.82, 2.24) is 35.0 Å². The molecule has 0 unspecified atom stereocenters. The lowest BCUT2D eigenvalue weighted by Gasteiger charge is -2.34. The highest BCUT2D eigenvalue weighted by molar-refractivity contribution is 5.90. The maximum absolute atomic E-state index is 13.7. The van der Waals surface area contributed by atoms with Gasteiger partial charge in [-0.2, -0.15) is 5.10 Å². The molecule has 2 aromatic rings. The van der Waals surface area contributed by atoms with Crippen LogP contribution in [0.15, 0.2) is 12.3 Å². The number of alkyl halides is 2. The van der Waals surface area contributed by atoms with Crippen molar-refractivity contribution >= 4 is 11.8 Å². The van der Waals surface area contributed by atoms with Crippen LogP contribution < -0.4 is 5.32 Å². The van der Waals surface area contributed by atoms with Crippen molar-refractivity contribution in [3.63, 3.8) is 0 Å². The van der Waals surface area contributed by atoms with E-state index in [-0.39, 0.29) is 31.1 Å². The summed E-state index contributed by atoms with van der Waals surface area (Å²) in [5.41, 5.74) is 0.367. The molecule has 0 aromatic carbocycles. The number of carbonyl (C=O) groups excluding carboxylic acids is 2. The van der Waals surface area contributed by atoms with Crippen molar-refractivity contribution < 1.29 is 23.5 Å². The van der Waals surface area contributed by atoms with E-state index in [4.69, 9.17) is 0 Å². The van der Waals surface area contributed by atoms with Crippen molar-refractivity contribution in [2.75, 3.05) is 6.54 Å². The van der Waals surface area contributed by atoms with Gasteiger partial charge in [0, 0.05) is 32.1 Å². The second-order valence-electron chi connectivity index (χ2n) is 10.3. The van der Waals surface area contributed by atoms with E-state index in [1.165, 1.54) is 22.7 Å². The SMILES string of the molecule is Cn1nc(C(F)F)cc1CNC(=O)[C@@H]1C[C@@H](O)CN1C(=O)[C@@H](n1cc(C2CC2)nn1)C(C)(C)C. The van der Waals surface area contributed by atoms with Gasteiger partial charge in [0.1, 0.15) is 17.8 Å². The molecule has 2 aromatic heterocycles. The molecule has 3 heterocycles. The van der Waals surface area contributed by atoms with Gasteiger partial charge in [-0.25, -0.2) is 13.5 Å². The van der Waals surface area contributed by atoms with E-state index >= 15 is 0 Å². The van der Waals surface area contributed by atoms with Crippen molar-refractivity contribution in [3.05, 3.63) is 29.3 Å². The van der Waals surface area contributed by atoms with Crippen molar-refractivity contribution in [2.45, 2.75) is 77.1 Å². The Bertz CT molecular complexity index is 1060. The molecule has 0 bridgehead atoms. The fourth-order valence-corrected chi connectivity index (χ4v) is 4.42. The fraction of sp³-hybridized carbons (Fsp3) is 0.682. The zero-order valence-corrected chi connectivity index (χ0v) is 19.8. The van der Waals surface area contributed by atoms with Crippen LogP contribution >= 0.6 is 0 Å². The number of nitrogens with zero attached hydrogens (tertiary/aromatic N) is 6. The quantitative estimate of drug-likeness (QED) is 0.624. The number of rotatable bonds is 7. The lowest BCUT2D eigenvalue weighted by Crippen LogP contribution is -2.50. The Morgan fingerprint density at radius 2 is 2.00 bits per heavy atom. The second-order valence-corrected chi connectivity index (χ2v) is 10.3. The Morgan fingerprint density at radius 1 is 1.29 bits per heavy atom. The van der Waals surface area contributed by atoms with E-state index < -0.39 is 35.9 Å². The molecule has 1 aliphatic heterocycles. The van der Waals surface area contributed by atoms with Crippen molar-refractivity contribution in [3.8, 4) is 0 Å². The third kappa shape index (κ3) is 4.96. The molecule has 1 aliphatic carbocycles. The van der Waals surface area contributed by atoms with Crippen LogP contribution in [-0.4, -0.2) is 65.3 Å². The van der Waals surface area contributed by atoms with Gasteiger partial charge in [-0.1, -0.05) is 26.0 Å². The van der Waals surface area contributed by atoms with Crippen LogP contribution in [0.5, 0.6) is 0 Å². The Balaban J connectivity index is 1.50. The summed E-state index contributed by atoms with van der Waals surface area (Å²) >= 11 is 0. The van der Waals surface area contributed by atoms with Gasteiger partial charge in [-0.15, -0.1) is 5.10 Å². The number of aromatic nitrogens is 5. The first-order valence-corrected chi connectivity index (χ1v) is 11.4. The summed E-state index contributed by atoms with van der Waals surface area (Å²) in [6.07, 6.45) is 0.453. The number of halogens is 2. The summed E-state index contributed by atoms with van der Waals surface area (Å²) in [7, 11) is 1.52. The van der Waals surface area contributed by atoms with E-state index in [2.05, 4.69) is 20.7 Å². The lowest BCUT2D eigenvalue weighted by molar-refractivity contribution is -0.144. The summed E-state index contributed by atoms with van der Waals surface area (Å²) in [5.74, 6) is -0.402. The normalized spacial score (nSPS) is 21.8. The monoisotopic (exact) mass is 479 g/mol. The van der Waals surface area contributed by atoms with E-state index in [0.717, 1.165) is 18.5 Å². The van der Waals surface area contributed by atoms with Crippen LogP contribution in [0, 0.1) is 5.41 Å². The highest BCUT2D eigenvalue weighted by Gasteiger charge is 2.45. The average Bonchev–Trinajstić information content (AvgIpc) is 3.16. The van der Waals surface area contributed by atoms with Crippen LogP contribution in [0.4, 0.5) is 8.78 Å². The Morgan fingerprint density at radius 3 is 2.59 bits per heavy atom. The predicted octanol–water partition coefficient (Wildman–Crippen LogP) is 1.69. The van der Waals surface area contributed by atoms with Gasteiger partial charge in [0.2, 0.25) is 11.8 Å². The Kier molecular flexibility index (Phi) is 6.45. The number of aliphatic hydroxyl groups is 1. The summed E-state index contributed by atoms with van der Waals surface area (Å²) in [4.78, 5) is 28.1. The molecule has 0 spiro atoms. The first-order valence-electron chi connectivity index (χ1n) is 11.4. The first-order chi connectivity index (χ1) is 16.0. The zero-order chi connectivity index (χ0) is 24.8. The highest BCUT2D eigenvalue weighted by atomic mass is 19.3. The second kappa shape index (κ2) is 9.05. The number of amides is 2. The minimum absolute atomic E-state index is 0.0227. The Labute approximate surface area is 196 Å². The number of nitrogens with one attached hydrogen (secondary N) is 1. The first kappa shape index (κ1) is 24.2. The van der Waals surface area contributed by atoms with Crippen molar-refractivity contribution in [2.24, 2.45) is 12.5 Å². The van der Waals surface area contributed by atoms with Crippen LogP contribution in [0.3, 0.4) is 0 Å². The van der Waals surface area contributed by atoms with Crippen LogP contribution in [0.25, 0.3) is 0 Å². The summed E-state index contributed by atoms with van der Waals surface area (Å²) in [6, 6.07) is -0.366. The maximum Gasteiger partial charge on any atom is 0.282 e. The zero-order valence-electron chi connectivity index (χ0n) is 19.8. The van der Waals surface area contributed by atoms with E-state index in [9.17, 15) is 23.5 Å². The lowest BCUT2D eigenvalue weighted by atomic mass is 9.85. The molecule has 2 N–H and O–H groups in total. The molecular formula is C22H31F2N7O3. The van der Waals surface area contributed by atoms with E-state index in [1.54, 1.807) is 10.9 Å². The van der Waals surface area contributed by atoms with E-state index in [1.807, 2.05) is 20.8 Å². The van der Waals surface area contributed by atoms with Gasteiger partial charge >= 0.3 is 0 Å². The molecule has 2 fully saturated rings. The maximum atomic E-state index is 13.7. The van der Waals surface area contributed by atoms with Crippen LogP contribution in [0.2, 0.25) is 0 Å². The number of hydrogen-bond acceptors (Lipinski definition) is 6. The van der Waals surface area contributed by atoms with Gasteiger partial charge in [-0.05, 0) is 24.3 Å². The smallest absolute Gasteiger partial charge is 0.282 e. The molecular weight excluding hydrogens is 448 g/mol. The largest absolute Gasteiger partial charge is 0.391 e. The number of aliphatic hydroxyl groups excluding tert-OH is 1. The van der Waals surface area contributed by atoms with Gasteiger partial charge in [0.25, 0.3) is 6.43 Å². The third-order valence-corrected chi connectivity index (χ3v) is 6.37. The molecule has 2 aliphatic rings. The minimum atomic E-state index is -2.71. The predicted molar refractivity (Wildman–Crippen MR) is 117 cm³/mol. The molecule has 1 saturated heterocycles. The average molecular weight is 480 g/mol. The van der Waals surface area contributed by atoms with E-state index in [0.29, 0.717) is 11.6 Å². The van der Waals surface area contributed by atoms with Crippen LogP contribution in [0.1, 0.15) is 75.5 Å². The van der Waals surface area contributed by atoms with Crippen LogP contribution in [-0.2, 0) is 23.2 Å². The van der Waals surface area contributed by atoms with Crippen molar-refractivity contribution in [1.29, 1.82) is 0 Å². The molecule has 12 heteroatoms. The number of β-amino-alcohol motifs (C(OH)–C–C–N with tert-alkyl or cyclic N) is 1. The summed E-state index contributed by atoms with van der Waals surface area (Å²) in [6.45, 7) is 5.74. The number of hydrogen-bond donors (Lipinski definition) is 2.